The normalized spacial score (nSPS) is 18.4. The van der Waals surface area contributed by atoms with Crippen molar-refractivity contribution in [2.45, 2.75) is 29.4 Å². The Morgan fingerprint density at radius 3 is 3.06 bits per heavy atom. The number of thioether (sulfide) groups is 1. The first kappa shape index (κ1) is 11.0. The Balaban J connectivity index is 2.04. The third-order valence-corrected chi connectivity index (χ3v) is 3.81. The van der Waals surface area contributed by atoms with Gasteiger partial charge in [0.15, 0.2) is 0 Å². The zero-order valence-electron chi connectivity index (χ0n) is 8.77. The smallest absolute Gasteiger partial charge is 0.237 e. The van der Waals surface area contributed by atoms with Crippen LogP contribution < -0.4 is 5.32 Å². The average molecular weight is 232 g/mol. The highest BCUT2D eigenvalue weighted by Crippen LogP contribution is 2.37. The van der Waals surface area contributed by atoms with Crippen LogP contribution in [0.3, 0.4) is 0 Å². The van der Waals surface area contributed by atoms with Crippen molar-refractivity contribution in [3.63, 3.8) is 0 Å². The van der Waals surface area contributed by atoms with Crippen LogP contribution >= 0.6 is 11.8 Å². The number of benzene rings is 1. The summed E-state index contributed by atoms with van der Waals surface area (Å²) in [6.07, 6.45) is 2.06. The topological polar surface area (TPSA) is 52.9 Å². The molecule has 0 spiro atoms. The molecule has 2 rings (SSSR count). The molecule has 0 aromatic heterocycles. The minimum Gasteiger partial charge on any atom is -0.324 e. The first-order chi connectivity index (χ1) is 7.81. The lowest BCUT2D eigenvalue weighted by molar-refractivity contribution is -0.115. The molecule has 1 heterocycles. The maximum Gasteiger partial charge on any atom is 0.237 e. The SMILES string of the molecule is N#CCCCC1Sc2ccccc2NC1=O. The van der Waals surface area contributed by atoms with Gasteiger partial charge in [0.1, 0.15) is 0 Å². The number of fused-ring (bicyclic) bond motifs is 1. The largest absolute Gasteiger partial charge is 0.324 e. The molecule has 1 aromatic carbocycles. The summed E-state index contributed by atoms with van der Waals surface area (Å²) in [4.78, 5) is 12.9. The molecule has 0 aliphatic carbocycles. The van der Waals surface area contributed by atoms with Gasteiger partial charge in [-0.1, -0.05) is 12.1 Å². The molecule has 0 saturated heterocycles. The van der Waals surface area contributed by atoms with Gasteiger partial charge < -0.3 is 5.32 Å². The quantitative estimate of drug-likeness (QED) is 0.815. The van der Waals surface area contributed by atoms with E-state index < -0.39 is 0 Å². The fraction of sp³-hybridized carbons (Fsp3) is 0.333. The summed E-state index contributed by atoms with van der Waals surface area (Å²) in [7, 11) is 0. The van der Waals surface area contributed by atoms with Gasteiger partial charge in [0.05, 0.1) is 17.0 Å². The van der Waals surface area contributed by atoms with E-state index in [1.165, 1.54) is 0 Å². The number of amides is 1. The maximum atomic E-state index is 11.7. The monoisotopic (exact) mass is 232 g/mol. The molecule has 1 N–H and O–H groups in total. The maximum absolute atomic E-state index is 11.7. The van der Waals surface area contributed by atoms with Crippen LogP contribution in [-0.2, 0) is 4.79 Å². The summed E-state index contributed by atoms with van der Waals surface area (Å²) in [5.41, 5.74) is 0.897. The third kappa shape index (κ3) is 2.37. The van der Waals surface area contributed by atoms with Crippen LogP contribution in [0.5, 0.6) is 0 Å². The molecule has 82 valence electrons. The van der Waals surface area contributed by atoms with E-state index in [0.29, 0.717) is 6.42 Å². The van der Waals surface area contributed by atoms with Crippen molar-refractivity contribution in [3.05, 3.63) is 24.3 Å². The summed E-state index contributed by atoms with van der Waals surface area (Å²) >= 11 is 1.59. The Hall–Kier alpha value is -1.47. The van der Waals surface area contributed by atoms with Crippen molar-refractivity contribution in [1.82, 2.24) is 0 Å². The van der Waals surface area contributed by atoms with Crippen molar-refractivity contribution in [3.8, 4) is 6.07 Å². The van der Waals surface area contributed by atoms with Gasteiger partial charge in [0.2, 0.25) is 5.91 Å². The molecule has 4 heteroatoms. The number of hydrogen-bond acceptors (Lipinski definition) is 3. The lowest BCUT2D eigenvalue weighted by Crippen LogP contribution is -2.28. The first-order valence-corrected chi connectivity index (χ1v) is 6.13. The second-order valence-corrected chi connectivity index (χ2v) is 4.89. The van der Waals surface area contributed by atoms with Crippen molar-refractivity contribution in [1.29, 1.82) is 5.26 Å². The lowest BCUT2D eigenvalue weighted by Gasteiger charge is -2.23. The highest BCUT2D eigenvalue weighted by molar-refractivity contribution is 8.01. The van der Waals surface area contributed by atoms with Crippen LogP contribution in [0.1, 0.15) is 19.3 Å². The Morgan fingerprint density at radius 1 is 1.44 bits per heavy atom. The number of hydrogen-bond donors (Lipinski definition) is 1. The van der Waals surface area contributed by atoms with Crippen molar-refractivity contribution in [2.24, 2.45) is 0 Å². The fourth-order valence-electron chi connectivity index (χ4n) is 1.65. The van der Waals surface area contributed by atoms with Crippen LogP contribution in [0.4, 0.5) is 5.69 Å². The Bertz CT molecular complexity index is 439. The number of anilines is 1. The van der Waals surface area contributed by atoms with Gasteiger partial charge in [0.25, 0.3) is 0 Å². The summed E-state index contributed by atoms with van der Waals surface area (Å²) in [5.74, 6) is 0.0571. The van der Waals surface area contributed by atoms with Gasteiger partial charge >= 0.3 is 0 Å². The highest BCUT2D eigenvalue weighted by atomic mass is 32.2. The average Bonchev–Trinajstić information content (AvgIpc) is 2.30. The highest BCUT2D eigenvalue weighted by Gasteiger charge is 2.25. The van der Waals surface area contributed by atoms with Crippen LogP contribution in [0.15, 0.2) is 29.2 Å². The molecule has 0 bridgehead atoms. The molecule has 0 radical (unpaired) electrons. The van der Waals surface area contributed by atoms with E-state index in [1.54, 1.807) is 11.8 Å². The number of nitrogens with one attached hydrogen (secondary N) is 1. The molecule has 1 atom stereocenters. The molecule has 0 fully saturated rings. The van der Waals surface area contributed by atoms with Gasteiger partial charge in [-0.05, 0) is 25.0 Å². The molecular weight excluding hydrogens is 220 g/mol. The van der Waals surface area contributed by atoms with Crippen LogP contribution in [0.25, 0.3) is 0 Å². The van der Waals surface area contributed by atoms with Crippen LogP contribution in [0.2, 0.25) is 0 Å². The van der Waals surface area contributed by atoms with Crippen molar-refractivity contribution >= 4 is 23.4 Å². The second kappa shape index (κ2) is 5.04. The summed E-state index contributed by atoms with van der Waals surface area (Å²) in [6, 6.07) is 9.90. The molecular formula is C12H12N2OS. The number of rotatable bonds is 3. The van der Waals surface area contributed by atoms with E-state index >= 15 is 0 Å². The number of unbranched alkanes of at least 4 members (excludes halogenated alkanes) is 1. The number of nitrogens with zero attached hydrogens (tertiary/aromatic N) is 1. The Morgan fingerprint density at radius 2 is 2.25 bits per heavy atom. The number of nitriles is 1. The van der Waals surface area contributed by atoms with E-state index in [-0.39, 0.29) is 11.2 Å². The van der Waals surface area contributed by atoms with Gasteiger partial charge in [0, 0.05) is 11.3 Å². The second-order valence-electron chi connectivity index (χ2n) is 3.64. The fourth-order valence-corrected chi connectivity index (χ4v) is 2.81. The third-order valence-electron chi connectivity index (χ3n) is 2.46. The van der Waals surface area contributed by atoms with Gasteiger partial charge in [-0.2, -0.15) is 5.26 Å². The van der Waals surface area contributed by atoms with Crippen LogP contribution in [0, 0.1) is 11.3 Å². The molecule has 16 heavy (non-hydrogen) atoms. The molecule has 1 amide bonds. The standard InChI is InChI=1S/C12H12N2OS/c13-8-4-3-7-11-12(15)14-9-5-1-2-6-10(9)16-11/h1-2,5-6,11H,3-4,7H2,(H,14,15). The van der Waals surface area contributed by atoms with E-state index in [1.807, 2.05) is 24.3 Å². The zero-order chi connectivity index (χ0) is 11.4. The summed E-state index contributed by atoms with van der Waals surface area (Å²) < 4.78 is 0. The van der Waals surface area contributed by atoms with E-state index in [9.17, 15) is 4.79 Å². The molecule has 0 saturated carbocycles. The van der Waals surface area contributed by atoms with E-state index in [4.69, 9.17) is 5.26 Å². The molecule has 3 nitrogen and oxygen atoms in total. The minimum absolute atomic E-state index is 0.0525. The number of carbonyl (C=O) groups is 1. The van der Waals surface area contributed by atoms with Gasteiger partial charge in [-0.25, -0.2) is 0 Å². The summed E-state index contributed by atoms with van der Waals surface area (Å²) in [5, 5.41) is 11.3. The number of carbonyl (C=O) groups excluding carboxylic acids is 1. The summed E-state index contributed by atoms with van der Waals surface area (Å²) in [6.45, 7) is 0. The van der Waals surface area contributed by atoms with Crippen LogP contribution in [-0.4, -0.2) is 11.2 Å². The van der Waals surface area contributed by atoms with Crippen molar-refractivity contribution in [2.75, 3.05) is 5.32 Å². The lowest BCUT2D eigenvalue weighted by atomic mass is 10.2. The minimum atomic E-state index is -0.0525. The van der Waals surface area contributed by atoms with E-state index in [2.05, 4.69) is 11.4 Å². The number of para-hydroxylation sites is 1. The Kier molecular flexibility index (Phi) is 3.47. The Labute approximate surface area is 98.8 Å². The zero-order valence-corrected chi connectivity index (χ0v) is 9.59. The van der Waals surface area contributed by atoms with Crippen molar-refractivity contribution < 1.29 is 4.79 Å². The first-order valence-electron chi connectivity index (χ1n) is 5.25. The predicted molar refractivity (Wildman–Crippen MR) is 64.2 cm³/mol. The predicted octanol–water partition coefficient (Wildman–Crippen LogP) is 2.79. The van der Waals surface area contributed by atoms with Gasteiger partial charge in [-0.15, -0.1) is 11.8 Å². The molecule has 1 aromatic rings. The van der Waals surface area contributed by atoms with E-state index in [0.717, 1.165) is 23.4 Å². The molecule has 1 unspecified atom stereocenters. The molecule has 1 aliphatic heterocycles. The van der Waals surface area contributed by atoms with Gasteiger partial charge in [-0.3, -0.25) is 4.79 Å². The molecule has 1 aliphatic rings.